The molecule has 0 aliphatic carbocycles. The first kappa shape index (κ1) is 18.4. The molecule has 0 heterocycles. The summed E-state index contributed by atoms with van der Waals surface area (Å²) in [5.41, 5.74) is 0. The summed E-state index contributed by atoms with van der Waals surface area (Å²) < 4.78 is 37.8. The Morgan fingerprint density at radius 2 is 0.720 bits per heavy atom. The summed E-state index contributed by atoms with van der Waals surface area (Å²) >= 11 is 0. The molecule has 0 aliphatic rings. The molecule has 0 aliphatic heterocycles. The van der Waals surface area contributed by atoms with E-state index in [0.29, 0.717) is 46.0 Å². The van der Waals surface area contributed by atoms with Crippen molar-refractivity contribution in [2.24, 2.45) is 0 Å². The van der Waals surface area contributed by atoms with Gasteiger partial charge in [-0.15, -0.1) is 0 Å². The third-order valence-corrected chi connectivity index (χ3v) is 3.51. The minimum Gasteiger partial charge on any atom is -0.493 e. The van der Waals surface area contributed by atoms with Crippen molar-refractivity contribution in [2.45, 2.75) is 0 Å². The van der Waals surface area contributed by atoms with Gasteiger partial charge in [-0.1, -0.05) is 0 Å². The smallest absolute Gasteiger partial charge is 0.203 e. The number of rotatable bonds is 8. The van der Waals surface area contributed by atoms with Crippen LogP contribution in [0, 0.1) is 0 Å². The Morgan fingerprint density at radius 1 is 0.440 bits per heavy atom. The Kier molecular flexibility index (Phi) is 6.05. The van der Waals surface area contributed by atoms with Crippen molar-refractivity contribution in [1.29, 1.82) is 0 Å². The lowest BCUT2D eigenvalue weighted by molar-refractivity contribution is 0.317. The highest BCUT2D eigenvalue weighted by molar-refractivity contribution is 5.59. The van der Waals surface area contributed by atoms with Crippen LogP contribution in [-0.2, 0) is 0 Å². The van der Waals surface area contributed by atoms with E-state index in [2.05, 4.69) is 0 Å². The third kappa shape index (κ3) is 3.76. The van der Waals surface area contributed by atoms with Crippen LogP contribution < -0.4 is 33.2 Å². The molecular weight excluding hydrogens is 328 g/mol. The van der Waals surface area contributed by atoms with Crippen molar-refractivity contribution < 1.29 is 33.2 Å². The average molecular weight is 350 g/mol. The maximum atomic E-state index is 5.92. The fourth-order valence-electron chi connectivity index (χ4n) is 2.37. The van der Waals surface area contributed by atoms with Crippen LogP contribution in [0.15, 0.2) is 24.3 Å². The molecule has 0 N–H and O–H groups in total. The molecule has 2 rings (SSSR count). The van der Waals surface area contributed by atoms with Gasteiger partial charge in [0, 0.05) is 24.3 Å². The molecule has 0 aromatic heterocycles. The van der Waals surface area contributed by atoms with E-state index in [1.54, 1.807) is 66.9 Å². The second-order valence-electron chi connectivity index (χ2n) is 4.82. The largest absolute Gasteiger partial charge is 0.493 e. The van der Waals surface area contributed by atoms with Crippen LogP contribution in [0.1, 0.15) is 0 Å². The second-order valence-corrected chi connectivity index (χ2v) is 4.82. The van der Waals surface area contributed by atoms with Gasteiger partial charge in [-0.2, -0.15) is 0 Å². The molecule has 0 bridgehead atoms. The minimum absolute atomic E-state index is 0.488. The summed E-state index contributed by atoms with van der Waals surface area (Å²) in [7, 11) is 9.25. The first-order valence-electron chi connectivity index (χ1n) is 7.39. The summed E-state index contributed by atoms with van der Waals surface area (Å²) in [6.45, 7) is 0. The van der Waals surface area contributed by atoms with Crippen LogP contribution in [-0.4, -0.2) is 42.7 Å². The number of benzene rings is 2. The molecule has 2 aromatic rings. The van der Waals surface area contributed by atoms with E-state index in [4.69, 9.17) is 33.2 Å². The van der Waals surface area contributed by atoms with Crippen molar-refractivity contribution in [2.75, 3.05) is 42.7 Å². The van der Waals surface area contributed by atoms with Gasteiger partial charge in [0.2, 0.25) is 11.5 Å². The Bertz CT molecular complexity index is 616. The van der Waals surface area contributed by atoms with Gasteiger partial charge in [-0.25, -0.2) is 0 Å². The molecule has 0 amide bonds. The molecule has 0 atom stereocenters. The summed E-state index contributed by atoms with van der Waals surface area (Å²) in [6, 6.07) is 6.80. The van der Waals surface area contributed by atoms with E-state index in [1.165, 1.54) is 0 Å². The lowest BCUT2D eigenvalue weighted by atomic mass is 10.2. The van der Waals surface area contributed by atoms with Crippen molar-refractivity contribution in [3.05, 3.63) is 24.3 Å². The topological polar surface area (TPSA) is 64.6 Å². The quantitative estimate of drug-likeness (QED) is 0.721. The lowest BCUT2D eigenvalue weighted by Crippen LogP contribution is -1.98. The monoisotopic (exact) mass is 350 g/mol. The van der Waals surface area contributed by atoms with Gasteiger partial charge < -0.3 is 33.2 Å². The highest BCUT2D eigenvalue weighted by Gasteiger charge is 2.17. The van der Waals surface area contributed by atoms with E-state index < -0.39 is 0 Å². The van der Waals surface area contributed by atoms with Gasteiger partial charge in [-0.3, -0.25) is 0 Å². The van der Waals surface area contributed by atoms with Gasteiger partial charge in [0.15, 0.2) is 23.0 Å². The first-order valence-corrected chi connectivity index (χ1v) is 7.39. The van der Waals surface area contributed by atoms with Gasteiger partial charge in [-0.05, 0) is 0 Å². The van der Waals surface area contributed by atoms with E-state index in [1.807, 2.05) is 0 Å². The Hall–Kier alpha value is -2.96. The van der Waals surface area contributed by atoms with Crippen LogP contribution in [0.4, 0.5) is 0 Å². The van der Waals surface area contributed by atoms with E-state index in [-0.39, 0.29) is 0 Å². The second kappa shape index (κ2) is 8.23. The molecule has 0 unspecified atom stereocenters. The molecule has 0 saturated heterocycles. The van der Waals surface area contributed by atoms with Gasteiger partial charge in [0.1, 0.15) is 11.5 Å². The number of methoxy groups -OCH3 is 6. The predicted molar refractivity (Wildman–Crippen MR) is 92.3 cm³/mol. The molecule has 7 heteroatoms. The summed E-state index contributed by atoms with van der Waals surface area (Å²) in [4.78, 5) is 0. The first-order chi connectivity index (χ1) is 12.1. The normalized spacial score (nSPS) is 10.0. The molecule has 136 valence electrons. The molecule has 0 fully saturated rings. The van der Waals surface area contributed by atoms with Gasteiger partial charge >= 0.3 is 0 Å². The average Bonchev–Trinajstić information content (AvgIpc) is 2.65. The highest BCUT2D eigenvalue weighted by Crippen LogP contribution is 2.45. The molecule has 0 radical (unpaired) electrons. The summed E-state index contributed by atoms with van der Waals surface area (Å²) in [5.74, 6) is 3.94. The number of hydrogen-bond acceptors (Lipinski definition) is 7. The summed E-state index contributed by atoms with van der Waals surface area (Å²) in [5, 5.41) is 0. The standard InChI is InChI=1S/C18H22O7/c1-19-13-7-11(8-14(20-2)17(13)23-5)25-12-9-15(21-3)18(24-6)16(10-12)22-4/h7-10H,1-6H3. The molecule has 2 aromatic carbocycles. The molecule has 25 heavy (non-hydrogen) atoms. The Balaban J connectivity index is 2.45. The zero-order valence-corrected chi connectivity index (χ0v) is 15.2. The SMILES string of the molecule is COc1cc(Oc2cc(OC)c(OC)c(OC)c2)cc(OC)c1OC. The molecule has 0 saturated carbocycles. The zero-order valence-electron chi connectivity index (χ0n) is 15.2. The predicted octanol–water partition coefficient (Wildman–Crippen LogP) is 3.53. The zero-order chi connectivity index (χ0) is 18.4. The van der Waals surface area contributed by atoms with E-state index in [0.717, 1.165) is 0 Å². The van der Waals surface area contributed by atoms with Crippen LogP contribution in [0.25, 0.3) is 0 Å². The van der Waals surface area contributed by atoms with Crippen LogP contribution in [0.5, 0.6) is 46.0 Å². The van der Waals surface area contributed by atoms with Crippen LogP contribution in [0.3, 0.4) is 0 Å². The summed E-state index contributed by atoms with van der Waals surface area (Å²) in [6.07, 6.45) is 0. The highest BCUT2D eigenvalue weighted by atomic mass is 16.5. The van der Waals surface area contributed by atoms with Gasteiger partial charge in [0.05, 0.1) is 42.7 Å². The maximum Gasteiger partial charge on any atom is 0.203 e. The maximum absolute atomic E-state index is 5.92. The minimum atomic E-state index is 0.488. The fraction of sp³-hybridized carbons (Fsp3) is 0.333. The Labute approximate surface area is 146 Å². The Morgan fingerprint density at radius 3 is 0.920 bits per heavy atom. The van der Waals surface area contributed by atoms with Crippen molar-refractivity contribution >= 4 is 0 Å². The number of ether oxygens (including phenoxy) is 7. The van der Waals surface area contributed by atoms with Crippen molar-refractivity contribution in [3.63, 3.8) is 0 Å². The van der Waals surface area contributed by atoms with Crippen molar-refractivity contribution in [3.8, 4) is 46.0 Å². The van der Waals surface area contributed by atoms with Crippen LogP contribution in [0.2, 0.25) is 0 Å². The fourth-order valence-corrected chi connectivity index (χ4v) is 2.37. The molecule has 0 spiro atoms. The van der Waals surface area contributed by atoms with E-state index >= 15 is 0 Å². The van der Waals surface area contributed by atoms with Gasteiger partial charge in [0.25, 0.3) is 0 Å². The van der Waals surface area contributed by atoms with E-state index in [9.17, 15) is 0 Å². The lowest BCUT2D eigenvalue weighted by Gasteiger charge is -2.16. The van der Waals surface area contributed by atoms with Crippen molar-refractivity contribution in [1.82, 2.24) is 0 Å². The number of hydrogen-bond donors (Lipinski definition) is 0. The third-order valence-electron chi connectivity index (χ3n) is 3.51. The molecular formula is C18H22O7. The van der Waals surface area contributed by atoms with Crippen LogP contribution >= 0.6 is 0 Å². The molecule has 7 nitrogen and oxygen atoms in total.